The molecule has 0 saturated carbocycles. The summed E-state index contributed by atoms with van der Waals surface area (Å²) in [4.78, 5) is 0. The first-order valence-electron chi connectivity index (χ1n) is 7.30. The van der Waals surface area contributed by atoms with Gasteiger partial charge in [0.2, 0.25) is 0 Å². The van der Waals surface area contributed by atoms with Crippen LogP contribution in [0.1, 0.15) is 31.9 Å². The summed E-state index contributed by atoms with van der Waals surface area (Å²) < 4.78 is 12.5. The highest BCUT2D eigenvalue weighted by atomic mass is 35.5. The fourth-order valence-electron chi connectivity index (χ4n) is 3.85. The van der Waals surface area contributed by atoms with Crippen molar-refractivity contribution in [3.8, 4) is 5.75 Å². The topological polar surface area (TPSA) is 30.5 Å². The molecule has 2 saturated heterocycles. The second-order valence-corrected chi connectivity index (χ2v) is 7.47. The highest BCUT2D eigenvalue weighted by Crippen LogP contribution is 2.54. The zero-order chi connectivity index (χ0) is 14.0. The Morgan fingerprint density at radius 2 is 2.10 bits per heavy atom. The van der Waals surface area contributed by atoms with Gasteiger partial charge in [-0.25, -0.2) is 0 Å². The first kappa shape index (κ1) is 12.9. The van der Waals surface area contributed by atoms with Gasteiger partial charge in [-0.1, -0.05) is 11.6 Å². The molecule has 0 aromatic heterocycles. The molecule has 1 aromatic rings. The normalized spacial score (nSPS) is 32.8. The van der Waals surface area contributed by atoms with Crippen LogP contribution >= 0.6 is 11.6 Å². The van der Waals surface area contributed by atoms with Gasteiger partial charge in [0.25, 0.3) is 0 Å². The fraction of sp³-hybridized carbons (Fsp3) is 0.625. The van der Waals surface area contributed by atoms with Crippen LogP contribution in [0.3, 0.4) is 0 Å². The van der Waals surface area contributed by atoms with Crippen LogP contribution in [0.2, 0.25) is 5.02 Å². The zero-order valence-electron chi connectivity index (χ0n) is 11.9. The zero-order valence-corrected chi connectivity index (χ0v) is 12.7. The fourth-order valence-corrected chi connectivity index (χ4v) is 4.03. The van der Waals surface area contributed by atoms with Crippen LogP contribution in [0.15, 0.2) is 18.2 Å². The number of rotatable bonds is 0. The third kappa shape index (κ3) is 1.80. The molecule has 0 unspecified atom stereocenters. The average Bonchev–Trinajstić information content (AvgIpc) is 2.37. The predicted octanol–water partition coefficient (Wildman–Crippen LogP) is 3.18. The van der Waals surface area contributed by atoms with E-state index in [1.807, 2.05) is 18.2 Å². The van der Waals surface area contributed by atoms with Gasteiger partial charge in [0.05, 0.1) is 12.7 Å². The smallest absolute Gasteiger partial charge is 0.126 e. The quantitative estimate of drug-likeness (QED) is 0.797. The molecule has 1 N–H and O–H groups in total. The molecule has 3 aliphatic rings. The van der Waals surface area contributed by atoms with Crippen molar-refractivity contribution in [2.45, 2.75) is 32.0 Å². The lowest BCUT2D eigenvalue weighted by molar-refractivity contribution is -0.174. The van der Waals surface area contributed by atoms with E-state index in [-0.39, 0.29) is 11.7 Å². The van der Waals surface area contributed by atoms with Gasteiger partial charge in [0, 0.05) is 35.0 Å². The van der Waals surface area contributed by atoms with Crippen molar-refractivity contribution in [2.24, 2.45) is 11.3 Å². The summed E-state index contributed by atoms with van der Waals surface area (Å²) in [5, 5.41) is 4.13. The molecule has 0 aliphatic carbocycles. The van der Waals surface area contributed by atoms with Crippen molar-refractivity contribution in [1.82, 2.24) is 5.32 Å². The summed E-state index contributed by atoms with van der Waals surface area (Å²) in [6, 6.07) is 5.85. The van der Waals surface area contributed by atoms with Gasteiger partial charge >= 0.3 is 0 Å². The van der Waals surface area contributed by atoms with Crippen molar-refractivity contribution in [3.05, 3.63) is 28.8 Å². The maximum atomic E-state index is 6.28. The van der Waals surface area contributed by atoms with Gasteiger partial charge in [0.15, 0.2) is 0 Å². The van der Waals surface area contributed by atoms with Crippen molar-refractivity contribution < 1.29 is 9.47 Å². The lowest BCUT2D eigenvalue weighted by Crippen LogP contribution is -2.62. The van der Waals surface area contributed by atoms with Crippen LogP contribution < -0.4 is 10.1 Å². The van der Waals surface area contributed by atoms with Gasteiger partial charge in [0.1, 0.15) is 11.4 Å². The largest absolute Gasteiger partial charge is 0.487 e. The number of benzene rings is 1. The average molecular weight is 294 g/mol. The van der Waals surface area contributed by atoms with Crippen LogP contribution in [-0.2, 0) is 4.74 Å². The van der Waals surface area contributed by atoms with Crippen LogP contribution in [0.5, 0.6) is 5.75 Å². The molecule has 20 heavy (non-hydrogen) atoms. The molecule has 0 radical (unpaired) electrons. The molecule has 0 bridgehead atoms. The highest BCUT2D eigenvalue weighted by molar-refractivity contribution is 6.30. The van der Waals surface area contributed by atoms with Crippen molar-refractivity contribution >= 4 is 11.6 Å². The van der Waals surface area contributed by atoms with Crippen molar-refractivity contribution in [2.75, 3.05) is 19.7 Å². The Kier molecular flexibility index (Phi) is 2.67. The minimum atomic E-state index is -0.200. The maximum absolute atomic E-state index is 6.28. The molecule has 4 rings (SSSR count). The van der Waals surface area contributed by atoms with Crippen molar-refractivity contribution in [1.29, 1.82) is 0 Å². The molecular formula is C16H20ClNO2. The molecule has 3 nitrogen and oxygen atoms in total. The summed E-state index contributed by atoms with van der Waals surface area (Å²) in [5.41, 5.74) is 1.23. The molecular weight excluding hydrogens is 274 g/mol. The van der Waals surface area contributed by atoms with Gasteiger partial charge in [-0.2, -0.15) is 0 Å². The first-order valence-corrected chi connectivity index (χ1v) is 7.68. The van der Waals surface area contributed by atoms with E-state index in [0.29, 0.717) is 11.3 Å². The number of halogens is 1. The minimum absolute atomic E-state index is 0.110. The van der Waals surface area contributed by atoms with E-state index >= 15 is 0 Å². The summed E-state index contributed by atoms with van der Waals surface area (Å²) in [6.07, 6.45) is 1.27. The molecule has 3 heterocycles. The molecule has 1 spiro atoms. The van der Waals surface area contributed by atoms with E-state index < -0.39 is 0 Å². The second kappa shape index (κ2) is 4.12. The molecule has 108 valence electrons. The Labute approximate surface area is 124 Å². The number of hydrogen-bond acceptors (Lipinski definition) is 3. The van der Waals surface area contributed by atoms with E-state index in [2.05, 4.69) is 19.2 Å². The monoisotopic (exact) mass is 293 g/mol. The number of fused-ring (bicyclic) bond motifs is 3. The molecule has 0 amide bonds. The first-order chi connectivity index (χ1) is 9.49. The van der Waals surface area contributed by atoms with Gasteiger partial charge < -0.3 is 14.8 Å². The van der Waals surface area contributed by atoms with E-state index in [4.69, 9.17) is 21.1 Å². The van der Waals surface area contributed by atoms with Crippen LogP contribution in [0, 0.1) is 11.3 Å². The lowest BCUT2D eigenvalue weighted by atomic mass is 9.65. The molecule has 3 aliphatic heterocycles. The Bertz CT molecular complexity index is 553. The van der Waals surface area contributed by atoms with Crippen molar-refractivity contribution in [3.63, 3.8) is 0 Å². The predicted molar refractivity (Wildman–Crippen MR) is 78.3 cm³/mol. The standard InChI is InChI=1S/C16H20ClNO2/c1-15(2)12-6-16(7-18-8-16)9-19-14(12)11-5-10(17)3-4-13(11)20-15/h3-5,12,14,18H,6-9H2,1-2H3/t12-,14+/m0/s1. The minimum Gasteiger partial charge on any atom is -0.487 e. The maximum Gasteiger partial charge on any atom is 0.126 e. The summed E-state index contributed by atoms with van der Waals surface area (Å²) in [6.45, 7) is 7.32. The molecule has 2 atom stereocenters. The van der Waals surface area contributed by atoms with E-state index in [1.165, 1.54) is 0 Å². The van der Waals surface area contributed by atoms with Gasteiger partial charge in [-0.05, 0) is 38.5 Å². The SMILES string of the molecule is CC1(C)Oc2ccc(Cl)cc2[C@H]2OCC3(CNC3)C[C@@H]21. The Morgan fingerprint density at radius 1 is 1.30 bits per heavy atom. The van der Waals surface area contributed by atoms with Crippen LogP contribution in [0.4, 0.5) is 0 Å². The Balaban J connectivity index is 1.74. The third-order valence-corrected chi connectivity index (χ3v) is 5.37. The Hall–Kier alpha value is -0.770. The summed E-state index contributed by atoms with van der Waals surface area (Å²) >= 11 is 6.15. The third-order valence-electron chi connectivity index (χ3n) is 5.13. The van der Waals surface area contributed by atoms with Crippen LogP contribution in [0.25, 0.3) is 0 Å². The molecule has 4 heteroatoms. The number of nitrogens with one attached hydrogen (secondary N) is 1. The van der Waals surface area contributed by atoms with Crippen LogP contribution in [-0.4, -0.2) is 25.3 Å². The lowest BCUT2D eigenvalue weighted by Gasteiger charge is -2.55. The summed E-state index contributed by atoms with van der Waals surface area (Å²) in [5.74, 6) is 1.30. The Morgan fingerprint density at radius 3 is 2.80 bits per heavy atom. The highest BCUT2D eigenvalue weighted by Gasteiger charge is 2.53. The summed E-state index contributed by atoms with van der Waals surface area (Å²) in [7, 11) is 0. The molecule has 2 fully saturated rings. The number of ether oxygens (including phenoxy) is 2. The van der Waals surface area contributed by atoms with Gasteiger partial charge in [-0.15, -0.1) is 0 Å². The molecule has 1 aromatic carbocycles. The van der Waals surface area contributed by atoms with Gasteiger partial charge in [-0.3, -0.25) is 0 Å². The van der Waals surface area contributed by atoms with E-state index in [0.717, 1.165) is 42.5 Å². The second-order valence-electron chi connectivity index (χ2n) is 7.03. The van der Waals surface area contributed by atoms with E-state index in [9.17, 15) is 0 Å². The van der Waals surface area contributed by atoms with E-state index in [1.54, 1.807) is 0 Å². The number of hydrogen-bond donors (Lipinski definition) is 1.